The largest absolute Gasteiger partial charge is 0.404 e. The third kappa shape index (κ3) is 4.82. The Morgan fingerprint density at radius 2 is 2.27 bits per heavy atom. The fourth-order valence-corrected chi connectivity index (χ4v) is 3.93. The average Bonchev–Trinajstić information content (AvgIpc) is 2.73. The molecule has 3 atom stereocenters. The summed E-state index contributed by atoms with van der Waals surface area (Å²) < 4.78 is 2.61. The molecule has 2 aromatic rings. The van der Waals surface area contributed by atoms with Crippen LogP contribution in [0.1, 0.15) is 19.7 Å². The molecule has 0 spiro atoms. The lowest BCUT2D eigenvalue weighted by Crippen LogP contribution is -2.61. The van der Waals surface area contributed by atoms with Gasteiger partial charge in [0.2, 0.25) is 0 Å². The first kappa shape index (κ1) is 21.8. The van der Waals surface area contributed by atoms with Crippen molar-refractivity contribution in [3.05, 3.63) is 65.1 Å². The van der Waals surface area contributed by atoms with E-state index in [0.717, 1.165) is 17.9 Å². The standard InChI is InChI=1S/C20H26BrN9/c1-4-24-19-9-26-16(21)11-29(19)12-17-25-6-5-18(28-17)30-10-13(2)27-20(14(30)3)15(7-22)8-23/h4-9,11,13-14,20,22,27H,1,10,12,23H2,2-3H3/b15-8+,22-7?,24-19-. The van der Waals surface area contributed by atoms with Crippen LogP contribution in [0.15, 0.2) is 58.8 Å². The Balaban J connectivity index is 1.92. The highest BCUT2D eigenvalue weighted by Gasteiger charge is 2.33. The highest BCUT2D eigenvalue weighted by Crippen LogP contribution is 2.23. The van der Waals surface area contributed by atoms with E-state index in [1.165, 1.54) is 18.6 Å². The summed E-state index contributed by atoms with van der Waals surface area (Å²) in [5.74, 6) is 1.50. The lowest BCUT2D eigenvalue weighted by atomic mass is 9.96. The summed E-state index contributed by atoms with van der Waals surface area (Å²) in [7, 11) is 0. The number of aromatic nitrogens is 4. The monoisotopic (exact) mass is 471 g/mol. The molecule has 9 nitrogen and oxygen atoms in total. The van der Waals surface area contributed by atoms with Gasteiger partial charge in [-0.15, -0.1) is 0 Å². The zero-order chi connectivity index (χ0) is 21.7. The minimum absolute atomic E-state index is 0.0572. The average molecular weight is 472 g/mol. The molecule has 0 aliphatic carbocycles. The molecule has 0 bridgehead atoms. The number of rotatable bonds is 6. The molecular weight excluding hydrogens is 446 g/mol. The minimum Gasteiger partial charge on any atom is -0.404 e. The molecule has 1 aliphatic heterocycles. The fourth-order valence-electron chi connectivity index (χ4n) is 3.58. The van der Waals surface area contributed by atoms with Crippen LogP contribution in [0.2, 0.25) is 0 Å². The fraction of sp³-hybridized carbons (Fsp3) is 0.350. The molecular formula is C20H26BrN9. The van der Waals surface area contributed by atoms with Crippen LogP contribution in [0.5, 0.6) is 0 Å². The first-order chi connectivity index (χ1) is 14.5. The second-order valence-electron chi connectivity index (χ2n) is 7.09. The first-order valence-corrected chi connectivity index (χ1v) is 10.4. The van der Waals surface area contributed by atoms with Crippen molar-refractivity contribution < 1.29 is 0 Å². The SMILES string of the molecule is C=C/N=c1/cnc(Br)cn1Cc1nccc(N2CC(C)NC(/C(C=N)=C/N)C2C)n1. The topological polar surface area (TPSA) is 121 Å². The maximum absolute atomic E-state index is 7.67. The molecule has 158 valence electrons. The van der Waals surface area contributed by atoms with Gasteiger partial charge in [-0.3, -0.25) is 0 Å². The predicted molar refractivity (Wildman–Crippen MR) is 121 cm³/mol. The van der Waals surface area contributed by atoms with Crippen LogP contribution in [0, 0.1) is 5.41 Å². The number of piperazine rings is 1. The van der Waals surface area contributed by atoms with Gasteiger partial charge in [0.15, 0.2) is 5.49 Å². The Labute approximate surface area is 184 Å². The second-order valence-corrected chi connectivity index (χ2v) is 7.90. The molecule has 4 N–H and O–H groups in total. The normalized spacial score (nSPS) is 22.8. The van der Waals surface area contributed by atoms with Crippen LogP contribution in [-0.2, 0) is 6.54 Å². The molecule has 3 rings (SSSR count). The van der Waals surface area contributed by atoms with Gasteiger partial charge in [-0.05, 0) is 35.8 Å². The van der Waals surface area contributed by atoms with Crippen LogP contribution >= 0.6 is 15.9 Å². The highest BCUT2D eigenvalue weighted by atomic mass is 79.9. The summed E-state index contributed by atoms with van der Waals surface area (Å²) in [6.45, 7) is 9.10. The van der Waals surface area contributed by atoms with Gasteiger partial charge in [-0.25, -0.2) is 19.9 Å². The van der Waals surface area contributed by atoms with Crippen molar-refractivity contribution in [2.24, 2.45) is 10.7 Å². The Morgan fingerprint density at radius 1 is 1.47 bits per heavy atom. The maximum atomic E-state index is 7.67. The van der Waals surface area contributed by atoms with Crippen LogP contribution in [0.3, 0.4) is 0 Å². The van der Waals surface area contributed by atoms with Gasteiger partial charge in [-0.2, -0.15) is 0 Å². The van der Waals surface area contributed by atoms with E-state index in [2.05, 4.69) is 61.5 Å². The van der Waals surface area contributed by atoms with Crippen LogP contribution in [0.25, 0.3) is 0 Å². The van der Waals surface area contributed by atoms with Crippen LogP contribution < -0.4 is 21.4 Å². The van der Waals surface area contributed by atoms with Gasteiger partial charge in [0.1, 0.15) is 16.2 Å². The van der Waals surface area contributed by atoms with Crippen molar-refractivity contribution in [3.63, 3.8) is 0 Å². The molecule has 0 radical (unpaired) electrons. The molecule has 0 saturated carbocycles. The van der Waals surface area contributed by atoms with Gasteiger partial charge in [0.25, 0.3) is 0 Å². The van der Waals surface area contributed by atoms with Crippen molar-refractivity contribution in [1.82, 2.24) is 24.8 Å². The van der Waals surface area contributed by atoms with Crippen molar-refractivity contribution in [2.45, 2.75) is 38.5 Å². The van der Waals surface area contributed by atoms with E-state index < -0.39 is 0 Å². The van der Waals surface area contributed by atoms with Gasteiger partial charge >= 0.3 is 0 Å². The summed E-state index contributed by atoms with van der Waals surface area (Å²) in [5.41, 5.74) is 7.16. The van der Waals surface area contributed by atoms with E-state index in [1.807, 2.05) is 16.8 Å². The summed E-state index contributed by atoms with van der Waals surface area (Å²) >= 11 is 3.40. The molecule has 0 amide bonds. The molecule has 30 heavy (non-hydrogen) atoms. The Morgan fingerprint density at radius 3 is 2.97 bits per heavy atom. The number of hydrogen-bond donors (Lipinski definition) is 3. The number of nitrogens with one attached hydrogen (secondary N) is 2. The molecule has 1 fully saturated rings. The van der Waals surface area contributed by atoms with Crippen molar-refractivity contribution in [3.8, 4) is 0 Å². The molecule has 1 aliphatic rings. The number of nitrogens with zero attached hydrogens (tertiary/aromatic N) is 6. The van der Waals surface area contributed by atoms with E-state index in [4.69, 9.17) is 16.1 Å². The van der Waals surface area contributed by atoms with Gasteiger partial charge in [0, 0.05) is 55.2 Å². The minimum atomic E-state index is -0.0572. The van der Waals surface area contributed by atoms with E-state index >= 15 is 0 Å². The van der Waals surface area contributed by atoms with Gasteiger partial charge < -0.3 is 25.9 Å². The third-order valence-electron chi connectivity index (χ3n) is 5.01. The van der Waals surface area contributed by atoms with E-state index in [1.54, 1.807) is 12.4 Å². The van der Waals surface area contributed by atoms with Gasteiger partial charge in [-0.1, -0.05) is 6.58 Å². The van der Waals surface area contributed by atoms with E-state index in [0.29, 0.717) is 22.5 Å². The quantitative estimate of drug-likeness (QED) is 0.549. The summed E-state index contributed by atoms with van der Waals surface area (Å²) in [5, 5.41) is 11.2. The number of anilines is 1. The van der Waals surface area contributed by atoms with E-state index in [9.17, 15) is 0 Å². The maximum Gasteiger partial charge on any atom is 0.151 e. The smallest absolute Gasteiger partial charge is 0.151 e. The molecule has 0 aromatic carbocycles. The van der Waals surface area contributed by atoms with Crippen molar-refractivity contribution in [1.29, 1.82) is 5.41 Å². The van der Waals surface area contributed by atoms with Crippen molar-refractivity contribution >= 4 is 28.0 Å². The summed E-state index contributed by atoms with van der Waals surface area (Å²) in [4.78, 5) is 20.0. The molecule has 3 unspecified atom stereocenters. The Hall–Kier alpha value is -2.85. The Kier molecular flexibility index (Phi) is 7.11. The van der Waals surface area contributed by atoms with Gasteiger partial charge in [0.05, 0.1) is 18.8 Å². The zero-order valence-corrected chi connectivity index (χ0v) is 18.6. The predicted octanol–water partition coefficient (Wildman–Crippen LogP) is 1.58. The molecule has 10 heteroatoms. The number of halogens is 1. The second kappa shape index (κ2) is 9.77. The van der Waals surface area contributed by atoms with Crippen LogP contribution in [-0.4, -0.2) is 50.4 Å². The Bertz CT molecular complexity index is 1010. The van der Waals surface area contributed by atoms with Crippen molar-refractivity contribution in [2.75, 3.05) is 11.4 Å². The summed E-state index contributed by atoms with van der Waals surface area (Å²) in [6.07, 6.45) is 9.55. The van der Waals surface area contributed by atoms with E-state index in [-0.39, 0.29) is 18.1 Å². The number of hydrogen-bond acceptors (Lipinski definition) is 8. The lowest BCUT2D eigenvalue weighted by molar-refractivity contribution is 0.362. The third-order valence-corrected chi connectivity index (χ3v) is 5.42. The summed E-state index contributed by atoms with van der Waals surface area (Å²) in [6, 6.07) is 2.13. The highest BCUT2D eigenvalue weighted by molar-refractivity contribution is 9.10. The van der Waals surface area contributed by atoms with Crippen LogP contribution in [0.4, 0.5) is 5.82 Å². The molecule has 1 saturated heterocycles. The lowest BCUT2D eigenvalue weighted by Gasteiger charge is -2.44. The molecule has 3 heterocycles. The zero-order valence-electron chi connectivity index (χ0n) is 17.0. The first-order valence-electron chi connectivity index (χ1n) is 9.60. The number of nitrogens with two attached hydrogens (primary N) is 1. The molecule has 2 aromatic heterocycles.